The lowest BCUT2D eigenvalue weighted by molar-refractivity contribution is 0.0746. The van der Waals surface area contributed by atoms with E-state index in [-0.39, 0.29) is 5.91 Å². The molecule has 1 amide bonds. The number of methoxy groups -OCH3 is 1. The molecule has 4 rings (SSSR count). The van der Waals surface area contributed by atoms with E-state index >= 15 is 0 Å². The van der Waals surface area contributed by atoms with Gasteiger partial charge in [0.1, 0.15) is 5.75 Å². The second-order valence-electron chi connectivity index (χ2n) is 6.88. The number of rotatable bonds is 4. The molecule has 0 N–H and O–H groups in total. The number of amides is 1. The van der Waals surface area contributed by atoms with Crippen molar-refractivity contribution < 1.29 is 9.53 Å². The van der Waals surface area contributed by atoms with Gasteiger partial charge in [0.25, 0.3) is 5.91 Å². The van der Waals surface area contributed by atoms with Gasteiger partial charge in [-0.2, -0.15) is 0 Å². The lowest BCUT2D eigenvalue weighted by Gasteiger charge is -2.35. The Bertz CT molecular complexity index is 1050. The average Bonchev–Trinajstić information content (AvgIpc) is 2.79. The molecule has 1 aliphatic rings. The molecule has 3 aromatic rings. The van der Waals surface area contributed by atoms with Gasteiger partial charge in [0, 0.05) is 36.8 Å². The van der Waals surface area contributed by atoms with E-state index < -0.39 is 0 Å². The quantitative estimate of drug-likeness (QED) is 0.598. The highest BCUT2D eigenvalue weighted by atomic mass is 35.5. The van der Waals surface area contributed by atoms with Crippen LogP contribution in [-0.2, 0) is 0 Å². The Morgan fingerprint density at radius 2 is 1.73 bits per heavy atom. The van der Waals surface area contributed by atoms with E-state index in [1.807, 2.05) is 36.4 Å². The third kappa shape index (κ3) is 4.20. The van der Waals surface area contributed by atoms with Gasteiger partial charge in [-0.05, 0) is 42.5 Å². The average molecular weight is 443 g/mol. The maximum atomic E-state index is 12.8. The molecule has 0 bridgehead atoms. The largest absolute Gasteiger partial charge is 0.496 e. The standard InChI is InChI=1S/C22H20Cl2N4O2/c1-30-20-5-3-2-4-17(20)19-8-9-21(26-25-19)27-10-12-28(13-11-27)22(29)16-7-6-15(23)14-18(16)24/h2-9,14H,10-13H2,1H3. The van der Waals surface area contributed by atoms with Crippen LogP contribution in [0.1, 0.15) is 10.4 Å². The number of para-hydroxylation sites is 1. The lowest BCUT2D eigenvalue weighted by Crippen LogP contribution is -2.49. The van der Waals surface area contributed by atoms with Gasteiger partial charge < -0.3 is 14.5 Å². The molecule has 1 fully saturated rings. The number of ether oxygens (including phenoxy) is 1. The van der Waals surface area contributed by atoms with E-state index in [9.17, 15) is 4.79 Å². The summed E-state index contributed by atoms with van der Waals surface area (Å²) in [6.07, 6.45) is 0. The molecule has 6 nitrogen and oxygen atoms in total. The van der Waals surface area contributed by atoms with Crippen LogP contribution in [0.25, 0.3) is 11.3 Å². The fourth-order valence-corrected chi connectivity index (χ4v) is 3.96. The Labute approximate surface area is 185 Å². The first kappa shape index (κ1) is 20.4. The summed E-state index contributed by atoms with van der Waals surface area (Å²) >= 11 is 12.1. The van der Waals surface area contributed by atoms with E-state index in [4.69, 9.17) is 27.9 Å². The van der Waals surface area contributed by atoms with Crippen LogP contribution in [0.5, 0.6) is 5.75 Å². The molecule has 2 heterocycles. The van der Waals surface area contributed by atoms with Crippen molar-refractivity contribution in [3.63, 3.8) is 0 Å². The first-order valence-electron chi connectivity index (χ1n) is 9.53. The highest BCUT2D eigenvalue weighted by Crippen LogP contribution is 2.28. The number of carbonyl (C=O) groups excluding carboxylic acids is 1. The van der Waals surface area contributed by atoms with Crippen LogP contribution < -0.4 is 9.64 Å². The van der Waals surface area contributed by atoms with E-state index in [1.165, 1.54) is 0 Å². The SMILES string of the molecule is COc1ccccc1-c1ccc(N2CCN(C(=O)c3ccc(Cl)cc3Cl)CC2)nn1. The molecular formula is C22H20Cl2N4O2. The first-order chi connectivity index (χ1) is 14.6. The Hall–Kier alpha value is -2.83. The number of nitrogens with zero attached hydrogens (tertiary/aromatic N) is 4. The number of carbonyl (C=O) groups is 1. The topological polar surface area (TPSA) is 58.6 Å². The van der Waals surface area contributed by atoms with Crippen molar-refractivity contribution in [2.24, 2.45) is 0 Å². The van der Waals surface area contributed by atoms with Gasteiger partial charge >= 0.3 is 0 Å². The van der Waals surface area contributed by atoms with Crippen molar-refractivity contribution in [1.29, 1.82) is 0 Å². The maximum Gasteiger partial charge on any atom is 0.255 e. The summed E-state index contributed by atoms with van der Waals surface area (Å²) in [5.74, 6) is 1.45. The smallest absolute Gasteiger partial charge is 0.255 e. The zero-order valence-corrected chi connectivity index (χ0v) is 17.9. The maximum absolute atomic E-state index is 12.8. The van der Waals surface area contributed by atoms with Crippen molar-refractivity contribution in [3.05, 3.63) is 70.2 Å². The Morgan fingerprint density at radius 1 is 0.967 bits per heavy atom. The van der Waals surface area contributed by atoms with Crippen LogP contribution in [0.3, 0.4) is 0 Å². The molecule has 0 saturated carbocycles. The molecule has 0 unspecified atom stereocenters. The van der Waals surface area contributed by atoms with Crippen molar-refractivity contribution >= 4 is 34.9 Å². The third-order valence-electron chi connectivity index (χ3n) is 5.09. The molecule has 2 aromatic carbocycles. The number of aromatic nitrogens is 2. The fourth-order valence-electron chi connectivity index (χ4n) is 3.47. The Kier molecular flexibility index (Phi) is 6.06. The van der Waals surface area contributed by atoms with E-state index in [2.05, 4.69) is 15.1 Å². The van der Waals surface area contributed by atoms with Crippen molar-refractivity contribution in [1.82, 2.24) is 15.1 Å². The molecule has 0 aliphatic carbocycles. The predicted molar refractivity (Wildman–Crippen MR) is 119 cm³/mol. The van der Waals surface area contributed by atoms with Crippen LogP contribution >= 0.6 is 23.2 Å². The second-order valence-corrected chi connectivity index (χ2v) is 7.72. The van der Waals surface area contributed by atoms with Crippen LogP contribution in [-0.4, -0.2) is 54.3 Å². The minimum absolute atomic E-state index is 0.0890. The molecular weight excluding hydrogens is 423 g/mol. The van der Waals surface area contributed by atoms with E-state index in [0.717, 1.165) is 22.8 Å². The summed E-state index contributed by atoms with van der Waals surface area (Å²) in [6, 6.07) is 16.5. The van der Waals surface area contributed by atoms with Gasteiger partial charge in [-0.25, -0.2) is 0 Å². The molecule has 154 valence electrons. The summed E-state index contributed by atoms with van der Waals surface area (Å²) < 4.78 is 5.40. The van der Waals surface area contributed by atoms with E-state index in [0.29, 0.717) is 41.8 Å². The molecule has 1 saturated heterocycles. The minimum atomic E-state index is -0.0890. The normalized spacial score (nSPS) is 14.0. The van der Waals surface area contributed by atoms with Crippen LogP contribution in [0.15, 0.2) is 54.6 Å². The van der Waals surface area contributed by atoms with Gasteiger partial charge in [0.05, 0.1) is 23.4 Å². The van der Waals surface area contributed by atoms with Gasteiger partial charge in [0.2, 0.25) is 0 Å². The highest BCUT2D eigenvalue weighted by Gasteiger charge is 2.24. The highest BCUT2D eigenvalue weighted by molar-refractivity contribution is 6.36. The zero-order chi connectivity index (χ0) is 21.1. The molecule has 1 aliphatic heterocycles. The van der Waals surface area contributed by atoms with Crippen molar-refractivity contribution in [3.8, 4) is 17.0 Å². The number of hydrogen-bond acceptors (Lipinski definition) is 5. The van der Waals surface area contributed by atoms with Crippen LogP contribution in [0.4, 0.5) is 5.82 Å². The van der Waals surface area contributed by atoms with Gasteiger partial charge in [-0.3, -0.25) is 4.79 Å². The fraction of sp³-hybridized carbons (Fsp3) is 0.227. The molecule has 1 aromatic heterocycles. The minimum Gasteiger partial charge on any atom is -0.496 e. The van der Waals surface area contributed by atoms with Gasteiger partial charge in [-0.15, -0.1) is 10.2 Å². The van der Waals surface area contributed by atoms with Gasteiger partial charge in [-0.1, -0.05) is 35.3 Å². The summed E-state index contributed by atoms with van der Waals surface area (Å²) in [5, 5.41) is 9.64. The third-order valence-corrected chi connectivity index (χ3v) is 5.63. The summed E-state index contributed by atoms with van der Waals surface area (Å²) in [7, 11) is 1.64. The molecule has 0 spiro atoms. The molecule has 0 atom stereocenters. The molecule has 30 heavy (non-hydrogen) atoms. The van der Waals surface area contributed by atoms with E-state index in [1.54, 1.807) is 30.2 Å². The van der Waals surface area contributed by atoms with Gasteiger partial charge in [0.15, 0.2) is 5.82 Å². The number of halogens is 2. The van der Waals surface area contributed by atoms with Crippen LogP contribution in [0.2, 0.25) is 10.0 Å². The first-order valence-corrected chi connectivity index (χ1v) is 10.3. The number of piperazine rings is 1. The number of benzene rings is 2. The summed E-state index contributed by atoms with van der Waals surface area (Å²) in [4.78, 5) is 16.7. The van der Waals surface area contributed by atoms with Crippen LogP contribution in [0, 0.1) is 0 Å². The predicted octanol–water partition coefficient (Wildman–Crippen LogP) is 4.42. The summed E-state index contributed by atoms with van der Waals surface area (Å²) in [6.45, 7) is 2.49. The lowest BCUT2D eigenvalue weighted by atomic mass is 10.1. The number of hydrogen-bond donors (Lipinski definition) is 0. The molecule has 0 radical (unpaired) electrons. The molecule has 8 heteroatoms. The zero-order valence-electron chi connectivity index (χ0n) is 16.4. The second kappa shape index (κ2) is 8.90. The van der Waals surface area contributed by atoms with Crippen molar-refractivity contribution in [2.75, 3.05) is 38.2 Å². The Balaban J connectivity index is 1.42. The summed E-state index contributed by atoms with van der Waals surface area (Å²) in [5.41, 5.74) is 2.12. The Morgan fingerprint density at radius 3 is 2.40 bits per heavy atom. The monoisotopic (exact) mass is 442 g/mol. The number of anilines is 1. The van der Waals surface area contributed by atoms with Crippen molar-refractivity contribution in [2.45, 2.75) is 0 Å².